The number of hydrogen-bond donors (Lipinski definition) is 5. The molecule has 0 radical (unpaired) electrons. The zero-order chi connectivity index (χ0) is 13.6. The van der Waals surface area contributed by atoms with Crippen molar-refractivity contribution in [2.45, 2.75) is 50.2 Å². The van der Waals surface area contributed by atoms with E-state index >= 15 is 0 Å². The highest BCUT2D eigenvalue weighted by atomic mass is 16.3. The van der Waals surface area contributed by atoms with Gasteiger partial charge < -0.3 is 20.6 Å². The summed E-state index contributed by atoms with van der Waals surface area (Å²) in [7, 11) is 0. The van der Waals surface area contributed by atoms with E-state index in [0.717, 1.165) is 25.7 Å². The molecule has 1 saturated carbocycles. The summed E-state index contributed by atoms with van der Waals surface area (Å²) in [4.78, 5) is 11.9. The van der Waals surface area contributed by atoms with Crippen LogP contribution in [0.4, 0.5) is 0 Å². The minimum atomic E-state index is -1.22. The Morgan fingerprint density at radius 3 is 2.17 bits per heavy atom. The van der Waals surface area contributed by atoms with Gasteiger partial charge in [0.15, 0.2) is 0 Å². The zero-order valence-electron chi connectivity index (χ0n) is 10.9. The monoisotopic (exact) mass is 260 g/mol. The van der Waals surface area contributed by atoms with Crippen LogP contribution < -0.4 is 10.6 Å². The normalized spacial score (nSPS) is 18.9. The van der Waals surface area contributed by atoms with Crippen LogP contribution in [0.15, 0.2) is 0 Å². The lowest BCUT2D eigenvalue weighted by Gasteiger charge is -2.32. The standard InChI is InChI=1S/C12H24N2O4/c1-9(14-12(6-15,7-16)8-17)11(18)13-10-4-2-3-5-10/h9-10,14-17H,2-8H2,1H3,(H,13,18). The number of aliphatic hydroxyl groups excluding tert-OH is 3. The largest absolute Gasteiger partial charge is 0.394 e. The molecule has 6 nitrogen and oxygen atoms in total. The van der Waals surface area contributed by atoms with Crippen molar-refractivity contribution in [2.75, 3.05) is 19.8 Å². The van der Waals surface area contributed by atoms with Gasteiger partial charge in [0, 0.05) is 6.04 Å². The van der Waals surface area contributed by atoms with Crippen LogP contribution in [0.25, 0.3) is 0 Å². The molecular formula is C12H24N2O4. The summed E-state index contributed by atoms with van der Waals surface area (Å²) in [6, 6.07) is -0.342. The molecule has 0 bridgehead atoms. The van der Waals surface area contributed by atoms with Gasteiger partial charge in [-0.05, 0) is 19.8 Å². The first-order valence-electron chi connectivity index (χ1n) is 6.47. The van der Waals surface area contributed by atoms with Gasteiger partial charge >= 0.3 is 0 Å². The minimum Gasteiger partial charge on any atom is -0.394 e. The van der Waals surface area contributed by atoms with Crippen molar-refractivity contribution in [3.8, 4) is 0 Å². The fraction of sp³-hybridized carbons (Fsp3) is 0.917. The van der Waals surface area contributed by atoms with Gasteiger partial charge in [-0.2, -0.15) is 0 Å². The van der Waals surface area contributed by atoms with Crippen molar-refractivity contribution >= 4 is 5.91 Å². The maximum atomic E-state index is 11.9. The molecule has 0 heterocycles. The molecule has 0 aromatic carbocycles. The predicted molar refractivity (Wildman–Crippen MR) is 67.0 cm³/mol. The number of amides is 1. The van der Waals surface area contributed by atoms with Crippen molar-refractivity contribution in [1.82, 2.24) is 10.6 Å². The molecule has 1 aliphatic carbocycles. The highest BCUT2D eigenvalue weighted by Crippen LogP contribution is 2.17. The van der Waals surface area contributed by atoms with Crippen LogP contribution in [0, 0.1) is 0 Å². The molecular weight excluding hydrogens is 236 g/mol. The lowest BCUT2D eigenvalue weighted by Crippen LogP contribution is -2.61. The van der Waals surface area contributed by atoms with Crippen LogP contribution in [0.1, 0.15) is 32.6 Å². The van der Waals surface area contributed by atoms with Crippen molar-refractivity contribution in [2.24, 2.45) is 0 Å². The second kappa shape index (κ2) is 7.04. The molecule has 1 unspecified atom stereocenters. The summed E-state index contributed by atoms with van der Waals surface area (Å²) in [5.41, 5.74) is -1.22. The van der Waals surface area contributed by atoms with E-state index in [0.29, 0.717) is 0 Å². The van der Waals surface area contributed by atoms with Crippen LogP contribution in [0.5, 0.6) is 0 Å². The molecule has 18 heavy (non-hydrogen) atoms. The molecule has 0 spiro atoms. The first-order valence-corrected chi connectivity index (χ1v) is 6.47. The Morgan fingerprint density at radius 2 is 1.72 bits per heavy atom. The Balaban J connectivity index is 2.46. The summed E-state index contributed by atoms with van der Waals surface area (Å²) in [6.45, 7) is 0.364. The van der Waals surface area contributed by atoms with Gasteiger partial charge in [0.25, 0.3) is 0 Å². The highest BCUT2D eigenvalue weighted by Gasteiger charge is 2.32. The molecule has 1 amide bonds. The summed E-state index contributed by atoms with van der Waals surface area (Å²) in [5.74, 6) is -0.165. The summed E-state index contributed by atoms with van der Waals surface area (Å²) in [6.07, 6.45) is 4.29. The van der Waals surface area contributed by atoms with Crippen LogP contribution in [0.3, 0.4) is 0 Å². The average molecular weight is 260 g/mol. The first kappa shape index (κ1) is 15.4. The van der Waals surface area contributed by atoms with E-state index in [9.17, 15) is 20.1 Å². The molecule has 1 atom stereocenters. The quantitative estimate of drug-likeness (QED) is 0.393. The third-order valence-corrected chi connectivity index (χ3v) is 3.53. The number of aliphatic hydroxyl groups is 3. The molecule has 0 saturated heterocycles. The fourth-order valence-electron chi connectivity index (χ4n) is 2.21. The lowest BCUT2D eigenvalue weighted by molar-refractivity contribution is -0.124. The van der Waals surface area contributed by atoms with Crippen LogP contribution in [0.2, 0.25) is 0 Å². The maximum absolute atomic E-state index is 11.9. The van der Waals surface area contributed by atoms with Gasteiger partial charge in [0.2, 0.25) is 5.91 Å². The number of hydrogen-bond acceptors (Lipinski definition) is 5. The van der Waals surface area contributed by atoms with E-state index in [4.69, 9.17) is 0 Å². The fourth-order valence-corrected chi connectivity index (χ4v) is 2.21. The summed E-state index contributed by atoms with van der Waals surface area (Å²) >= 11 is 0. The van der Waals surface area contributed by atoms with Gasteiger partial charge in [0.05, 0.1) is 31.4 Å². The molecule has 0 aromatic rings. The molecule has 0 aliphatic heterocycles. The lowest BCUT2D eigenvalue weighted by atomic mass is 10.0. The molecule has 106 valence electrons. The zero-order valence-corrected chi connectivity index (χ0v) is 10.9. The Labute approximate surface area is 107 Å². The molecule has 6 heteroatoms. The van der Waals surface area contributed by atoms with E-state index in [1.807, 2.05) is 0 Å². The Bertz CT molecular complexity index is 255. The van der Waals surface area contributed by atoms with Crippen LogP contribution >= 0.6 is 0 Å². The van der Waals surface area contributed by atoms with Crippen molar-refractivity contribution < 1.29 is 20.1 Å². The Hall–Kier alpha value is -0.690. The van der Waals surface area contributed by atoms with E-state index in [1.54, 1.807) is 6.92 Å². The van der Waals surface area contributed by atoms with Crippen molar-refractivity contribution in [3.05, 3.63) is 0 Å². The molecule has 1 aliphatic rings. The second-order valence-electron chi connectivity index (χ2n) is 5.11. The van der Waals surface area contributed by atoms with Crippen LogP contribution in [-0.2, 0) is 4.79 Å². The Morgan fingerprint density at radius 1 is 1.22 bits per heavy atom. The van der Waals surface area contributed by atoms with Crippen LogP contribution in [-0.4, -0.2) is 58.7 Å². The second-order valence-corrected chi connectivity index (χ2v) is 5.11. The van der Waals surface area contributed by atoms with E-state index in [1.165, 1.54) is 0 Å². The highest BCUT2D eigenvalue weighted by molar-refractivity contribution is 5.81. The van der Waals surface area contributed by atoms with Crippen molar-refractivity contribution in [3.63, 3.8) is 0 Å². The third kappa shape index (κ3) is 3.91. The maximum Gasteiger partial charge on any atom is 0.237 e. The van der Waals surface area contributed by atoms with E-state index in [-0.39, 0.29) is 11.9 Å². The van der Waals surface area contributed by atoms with Gasteiger partial charge in [0.1, 0.15) is 0 Å². The van der Waals surface area contributed by atoms with Gasteiger partial charge in [-0.3, -0.25) is 10.1 Å². The number of carbonyl (C=O) groups excluding carboxylic acids is 1. The first-order chi connectivity index (χ1) is 8.56. The summed E-state index contributed by atoms with van der Waals surface area (Å²) in [5, 5.41) is 33.3. The van der Waals surface area contributed by atoms with Crippen molar-refractivity contribution in [1.29, 1.82) is 0 Å². The minimum absolute atomic E-state index is 0.165. The third-order valence-electron chi connectivity index (χ3n) is 3.53. The van der Waals surface area contributed by atoms with Gasteiger partial charge in [-0.1, -0.05) is 12.8 Å². The Kier molecular flexibility index (Phi) is 6.01. The topological polar surface area (TPSA) is 102 Å². The average Bonchev–Trinajstić information content (AvgIpc) is 2.88. The molecule has 1 rings (SSSR count). The molecule has 5 N–H and O–H groups in total. The van der Waals surface area contributed by atoms with E-state index < -0.39 is 31.4 Å². The smallest absolute Gasteiger partial charge is 0.237 e. The predicted octanol–water partition coefficient (Wildman–Crippen LogP) is -1.26. The van der Waals surface area contributed by atoms with Gasteiger partial charge in [-0.15, -0.1) is 0 Å². The molecule has 1 fully saturated rings. The SMILES string of the molecule is CC(NC(CO)(CO)CO)C(=O)NC1CCCC1. The summed E-state index contributed by atoms with van der Waals surface area (Å²) < 4.78 is 0. The number of nitrogens with one attached hydrogen (secondary N) is 2. The number of carbonyl (C=O) groups is 1. The number of rotatable bonds is 7. The molecule has 0 aromatic heterocycles. The van der Waals surface area contributed by atoms with E-state index in [2.05, 4.69) is 10.6 Å². The van der Waals surface area contributed by atoms with Gasteiger partial charge in [-0.25, -0.2) is 0 Å².